The van der Waals surface area contributed by atoms with Crippen LogP contribution in [0.2, 0.25) is 0 Å². The molecule has 0 radical (unpaired) electrons. The monoisotopic (exact) mass is 573 g/mol. The normalized spacial score (nSPS) is 16.5. The van der Waals surface area contributed by atoms with Gasteiger partial charge >= 0.3 is 5.97 Å². The Bertz CT molecular complexity index is 1040. The molecule has 2 aliphatic heterocycles. The van der Waals surface area contributed by atoms with Gasteiger partial charge < -0.3 is 28.6 Å². The highest BCUT2D eigenvalue weighted by atomic mass is 16.5. The van der Waals surface area contributed by atoms with E-state index in [1.54, 1.807) is 4.90 Å². The summed E-state index contributed by atoms with van der Waals surface area (Å²) < 4.78 is 27.4. The quantitative estimate of drug-likeness (QED) is 0.0756. The molecule has 0 aromatic heterocycles. The summed E-state index contributed by atoms with van der Waals surface area (Å²) in [7, 11) is 1.34. The Morgan fingerprint density at radius 2 is 1.85 bits per heavy atom. The third-order valence-electron chi connectivity index (χ3n) is 7.04. The van der Waals surface area contributed by atoms with Crippen LogP contribution in [0.25, 0.3) is 10.4 Å². The number of rotatable bonds is 20. The van der Waals surface area contributed by atoms with Crippen molar-refractivity contribution >= 4 is 17.6 Å². The fraction of sp³-hybridized carbons (Fsp3) is 0.690. The maximum absolute atomic E-state index is 13.4. The molecule has 1 amide bonds. The lowest BCUT2D eigenvalue weighted by Crippen LogP contribution is -2.38. The maximum atomic E-state index is 13.4. The summed E-state index contributed by atoms with van der Waals surface area (Å²) in [5, 5.41) is 3.39. The van der Waals surface area contributed by atoms with Crippen molar-refractivity contribution in [3.05, 3.63) is 39.8 Å². The first-order valence-electron chi connectivity index (χ1n) is 14.5. The van der Waals surface area contributed by atoms with Crippen molar-refractivity contribution < 1.29 is 33.3 Å². The Hall–Kier alpha value is -3.18. The first kappa shape index (κ1) is 32.3. The lowest BCUT2D eigenvalue weighted by molar-refractivity contribution is -0.147. The van der Waals surface area contributed by atoms with Gasteiger partial charge in [-0.1, -0.05) is 11.2 Å². The molecule has 1 aromatic rings. The molecule has 2 aliphatic rings. The highest BCUT2D eigenvalue weighted by Gasteiger charge is 2.31. The first-order chi connectivity index (χ1) is 20.1. The minimum Gasteiger partial charge on any atom is -0.494 e. The first-order valence-corrected chi connectivity index (χ1v) is 14.5. The summed E-state index contributed by atoms with van der Waals surface area (Å²) in [5.41, 5.74) is 11.6. The van der Waals surface area contributed by atoms with Crippen LogP contribution in [0.1, 0.15) is 49.7 Å². The van der Waals surface area contributed by atoms with Crippen molar-refractivity contribution in [3.8, 4) is 5.75 Å². The van der Waals surface area contributed by atoms with E-state index in [0.29, 0.717) is 72.3 Å². The topological polar surface area (TPSA) is 145 Å². The van der Waals surface area contributed by atoms with Crippen molar-refractivity contribution in [3.63, 3.8) is 0 Å². The van der Waals surface area contributed by atoms with Crippen LogP contribution >= 0.6 is 0 Å². The number of hydrogen-bond acceptors (Lipinski definition) is 9. The minimum absolute atomic E-state index is 0.0362. The van der Waals surface area contributed by atoms with Crippen LogP contribution in [0.5, 0.6) is 5.75 Å². The number of unbranched alkanes of at least 4 members (excludes halogenated alkanes) is 1. The number of benzene rings is 1. The van der Waals surface area contributed by atoms with Gasteiger partial charge in [0.15, 0.2) is 0 Å². The standard InChI is InChI=1S/C29H43N5O7/c1-37-28(35)21-24-19-23-7-8-27(41-12-3-2-5-26-6-4-9-31-26)20-25(23)22-34(29(24)36)11-14-39-16-18-40-17-15-38-13-10-32-33-30/h7-8,20,24H,2-6,9-19,21-22H2,1H3/t24-/m0/s1. The molecular formula is C29H43N5O7. The number of esters is 1. The number of amides is 1. The Morgan fingerprint density at radius 1 is 1.07 bits per heavy atom. The molecule has 0 unspecified atom stereocenters. The fourth-order valence-electron chi connectivity index (χ4n) is 4.86. The van der Waals surface area contributed by atoms with Gasteiger partial charge in [-0.3, -0.25) is 14.6 Å². The summed E-state index contributed by atoms with van der Waals surface area (Å²) in [6, 6.07) is 5.97. The maximum Gasteiger partial charge on any atom is 0.306 e. The van der Waals surface area contributed by atoms with Crippen LogP contribution < -0.4 is 4.74 Å². The minimum atomic E-state index is -0.490. The van der Waals surface area contributed by atoms with Crippen molar-refractivity contribution in [1.82, 2.24) is 4.90 Å². The number of hydrogen-bond donors (Lipinski definition) is 0. The van der Waals surface area contributed by atoms with Gasteiger partial charge in [-0.2, -0.15) is 0 Å². The van der Waals surface area contributed by atoms with Gasteiger partial charge in [0.25, 0.3) is 0 Å². The van der Waals surface area contributed by atoms with E-state index in [1.165, 1.54) is 19.2 Å². The molecule has 1 aromatic carbocycles. The van der Waals surface area contributed by atoms with Crippen molar-refractivity contribution in [1.29, 1.82) is 0 Å². The molecule has 0 bridgehead atoms. The second kappa shape index (κ2) is 19.0. The predicted molar refractivity (Wildman–Crippen MR) is 153 cm³/mol. The third kappa shape index (κ3) is 12.1. The summed E-state index contributed by atoms with van der Waals surface area (Å²) >= 11 is 0. The Kier molecular flexibility index (Phi) is 15.0. The molecule has 0 N–H and O–H groups in total. The van der Waals surface area contributed by atoms with Crippen LogP contribution in [0.3, 0.4) is 0 Å². The Morgan fingerprint density at radius 3 is 2.59 bits per heavy atom. The van der Waals surface area contributed by atoms with Crippen molar-refractivity contribution in [2.45, 2.75) is 51.5 Å². The number of fused-ring (bicyclic) bond motifs is 1. The molecule has 3 rings (SSSR count). The van der Waals surface area contributed by atoms with E-state index in [0.717, 1.165) is 49.1 Å². The SMILES string of the molecule is COC(=O)C[C@@H]1Cc2ccc(OCCCCC3=NCCC3)cc2CN(CCOCCOCCOCCN=[N+]=[N-])C1=O. The van der Waals surface area contributed by atoms with E-state index >= 15 is 0 Å². The van der Waals surface area contributed by atoms with E-state index in [2.05, 4.69) is 15.0 Å². The number of ether oxygens (including phenoxy) is 5. The highest BCUT2D eigenvalue weighted by Crippen LogP contribution is 2.28. The predicted octanol–water partition coefficient (Wildman–Crippen LogP) is 3.89. The summed E-state index contributed by atoms with van der Waals surface area (Å²) in [6.45, 7) is 5.04. The molecular weight excluding hydrogens is 530 g/mol. The van der Waals surface area contributed by atoms with Crippen LogP contribution in [-0.4, -0.2) is 95.5 Å². The van der Waals surface area contributed by atoms with E-state index in [-0.39, 0.29) is 12.3 Å². The third-order valence-corrected chi connectivity index (χ3v) is 7.04. The molecule has 12 nitrogen and oxygen atoms in total. The number of carbonyl (C=O) groups is 2. The average molecular weight is 574 g/mol. The van der Waals surface area contributed by atoms with E-state index in [4.69, 9.17) is 29.2 Å². The van der Waals surface area contributed by atoms with Crippen molar-refractivity contribution in [2.75, 3.05) is 73.0 Å². The van der Waals surface area contributed by atoms with Crippen LogP contribution in [0, 0.1) is 5.92 Å². The van der Waals surface area contributed by atoms with Crippen LogP contribution in [0.15, 0.2) is 28.3 Å². The lowest BCUT2D eigenvalue weighted by atomic mass is 9.94. The zero-order chi connectivity index (χ0) is 29.1. The average Bonchev–Trinajstić information content (AvgIpc) is 3.46. The number of methoxy groups -OCH3 is 1. The number of carbonyl (C=O) groups excluding carboxylic acids is 2. The molecule has 0 saturated heterocycles. The van der Waals surface area contributed by atoms with Gasteiger partial charge in [0.2, 0.25) is 5.91 Å². The lowest BCUT2D eigenvalue weighted by Gasteiger charge is -2.24. The zero-order valence-corrected chi connectivity index (χ0v) is 24.1. The largest absolute Gasteiger partial charge is 0.494 e. The Balaban J connectivity index is 1.45. The zero-order valence-electron chi connectivity index (χ0n) is 24.1. The molecule has 226 valence electrons. The summed E-state index contributed by atoms with van der Waals surface area (Å²) in [6.07, 6.45) is 5.91. The Labute approximate surface area is 241 Å². The van der Waals surface area contributed by atoms with Gasteiger partial charge in [-0.25, -0.2) is 0 Å². The molecule has 0 fully saturated rings. The molecule has 0 saturated carbocycles. The molecule has 0 spiro atoms. The second-order valence-corrected chi connectivity index (χ2v) is 10.0. The van der Waals surface area contributed by atoms with Gasteiger partial charge in [0.1, 0.15) is 5.75 Å². The summed E-state index contributed by atoms with van der Waals surface area (Å²) in [5.74, 6) is -0.181. The molecule has 12 heteroatoms. The van der Waals surface area contributed by atoms with Gasteiger partial charge in [-0.15, -0.1) is 0 Å². The van der Waals surface area contributed by atoms with Gasteiger partial charge in [0.05, 0.1) is 65.7 Å². The fourth-order valence-corrected chi connectivity index (χ4v) is 4.86. The van der Waals surface area contributed by atoms with E-state index < -0.39 is 11.9 Å². The molecule has 41 heavy (non-hydrogen) atoms. The van der Waals surface area contributed by atoms with Gasteiger partial charge in [-0.05, 0) is 67.3 Å². The van der Waals surface area contributed by atoms with E-state index in [1.807, 2.05) is 18.2 Å². The van der Waals surface area contributed by atoms with Crippen molar-refractivity contribution in [2.24, 2.45) is 16.0 Å². The summed E-state index contributed by atoms with van der Waals surface area (Å²) in [4.78, 5) is 34.4. The van der Waals surface area contributed by atoms with E-state index in [9.17, 15) is 9.59 Å². The van der Waals surface area contributed by atoms with Gasteiger partial charge in [0, 0.05) is 36.8 Å². The number of azide groups is 1. The van der Waals surface area contributed by atoms with Crippen LogP contribution in [0.4, 0.5) is 0 Å². The number of nitrogens with zero attached hydrogens (tertiary/aromatic N) is 5. The van der Waals surface area contributed by atoms with Crippen LogP contribution in [-0.2, 0) is 41.5 Å². The second-order valence-electron chi connectivity index (χ2n) is 10.0. The number of aliphatic imine (C=N–C) groups is 1. The smallest absolute Gasteiger partial charge is 0.306 e. The molecule has 1 atom stereocenters. The molecule has 0 aliphatic carbocycles. The molecule has 2 heterocycles. The highest BCUT2D eigenvalue weighted by molar-refractivity contribution is 5.85.